The van der Waals surface area contributed by atoms with Crippen molar-refractivity contribution in [3.05, 3.63) is 41.2 Å². The highest BCUT2D eigenvalue weighted by Crippen LogP contribution is 2.48. The minimum atomic E-state index is -1.19. The van der Waals surface area contributed by atoms with Gasteiger partial charge in [0.1, 0.15) is 33.8 Å². The molecule has 4 aromatic rings. The van der Waals surface area contributed by atoms with Crippen LogP contribution in [0.1, 0.15) is 39.0 Å². The van der Waals surface area contributed by atoms with E-state index in [2.05, 4.69) is 21.9 Å². The summed E-state index contributed by atoms with van der Waals surface area (Å²) in [6.45, 7) is 4.21. The third-order valence-corrected chi connectivity index (χ3v) is 10.2. The second kappa shape index (κ2) is 11.9. The summed E-state index contributed by atoms with van der Waals surface area (Å²) in [6.07, 6.45) is 5.44. The first-order valence-electron chi connectivity index (χ1n) is 15.8. The van der Waals surface area contributed by atoms with Crippen molar-refractivity contribution >= 4 is 39.1 Å². The Hall–Kier alpha value is -3.51. The lowest BCUT2D eigenvalue weighted by Crippen LogP contribution is -2.50. The number of hydrogen-bond acceptors (Lipinski definition) is 10. The van der Waals surface area contributed by atoms with Gasteiger partial charge in [-0.05, 0) is 69.8 Å². The minimum absolute atomic E-state index is 0.0253. The topological polar surface area (TPSA) is 113 Å². The lowest BCUT2D eigenvalue weighted by molar-refractivity contribution is -0.0123. The van der Waals surface area contributed by atoms with Crippen molar-refractivity contribution in [2.75, 3.05) is 58.5 Å². The summed E-state index contributed by atoms with van der Waals surface area (Å²) in [5, 5.41) is 23.4. The largest absolute Gasteiger partial charge is 0.508 e. The lowest BCUT2D eigenvalue weighted by atomic mass is 9.76. The number of phenols is 1. The molecular formula is C34H39ClFN5O5. The minimum Gasteiger partial charge on any atom is -0.508 e. The van der Waals surface area contributed by atoms with Gasteiger partial charge in [-0.25, -0.2) is 9.37 Å². The molecule has 10 nitrogen and oxygen atoms in total. The molecule has 4 heterocycles. The van der Waals surface area contributed by atoms with Crippen molar-refractivity contribution in [3.8, 4) is 28.9 Å². The predicted molar refractivity (Wildman–Crippen MR) is 175 cm³/mol. The van der Waals surface area contributed by atoms with Crippen molar-refractivity contribution in [3.63, 3.8) is 0 Å². The Morgan fingerprint density at radius 3 is 2.78 bits per heavy atom. The van der Waals surface area contributed by atoms with Crippen LogP contribution in [0.15, 0.2) is 30.3 Å². The highest BCUT2D eigenvalue weighted by Gasteiger charge is 2.47. The fourth-order valence-electron chi connectivity index (χ4n) is 7.84. The molecule has 12 heteroatoms. The summed E-state index contributed by atoms with van der Waals surface area (Å²) in [6, 6.07) is 8.72. The summed E-state index contributed by atoms with van der Waals surface area (Å²) in [4.78, 5) is 18.4. The number of piperidine rings is 1. The van der Waals surface area contributed by atoms with Crippen LogP contribution in [0.25, 0.3) is 32.9 Å². The fourth-order valence-corrected chi connectivity index (χ4v) is 8.13. The standard InChI is InChI=1S/C34H39ClFN5O5/c1-33(43)17-41(13-14-45-18-33)30-26-29(38-32(39-30)46-19-34-10-5-9-24(34)40(2)12-6-11-34)27(36)28(37-31(26)44-3)22-16-21(42)15-20-7-4-8-23(35)25(20)22/h4,7-8,15-16,24,42-43H,5-6,9-14,17-19H2,1-3H3. The summed E-state index contributed by atoms with van der Waals surface area (Å²) in [5.41, 5.74) is -1.04. The van der Waals surface area contributed by atoms with Gasteiger partial charge in [0.2, 0.25) is 5.88 Å². The highest BCUT2D eigenvalue weighted by atomic mass is 35.5. The smallest absolute Gasteiger partial charge is 0.319 e. The summed E-state index contributed by atoms with van der Waals surface area (Å²) in [5.74, 6) is -0.374. The van der Waals surface area contributed by atoms with E-state index in [9.17, 15) is 10.2 Å². The number of hydrogen-bond donors (Lipinski definition) is 2. The first-order chi connectivity index (χ1) is 22.1. The number of ether oxygens (including phenoxy) is 3. The van der Waals surface area contributed by atoms with E-state index < -0.39 is 11.4 Å². The molecule has 2 aromatic heterocycles. The zero-order chi connectivity index (χ0) is 32.2. The number of methoxy groups -OCH3 is 1. The summed E-state index contributed by atoms with van der Waals surface area (Å²) >= 11 is 6.62. The van der Waals surface area contributed by atoms with E-state index >= 15 is 4.39 Å². The van der Waals surface area contributed by atoms with Crippen molar-refractivity contribution in [2.24, 2.45) is 5.41 Å². The zero-order valence-corrected chi connectivity index (χ0v) is 27.1. The highest BCUT2D eigenvalue weighted by molar-refractivity contribution is 6.36. The fraction of sp³-hybridized carbons (Fsp3) is 0.500. The number of halogens is 2. The molecule has 7 rings (SSSR count). The SMILES string of the molecule is COc1nc(-c2cc(O)cc3cccc(Cl)c23)c(F)c2nc(OCC34CCCC3N(C)CCC4)nc(N3CCOCC(C)(O)C3)c12. The number of fused-ring (bicyclic) bond motifs is 3. The number of benzene rings is 2. The van der Waals surface area contributed by atoms with Gasteiger partial charge in [0, 0.05) is 34.0 Å². The molecule has 2 aromatic carbocycles. The Bertz CT molecular complexity index is 1810. The van der Waals surface area contributed by atoms with Crippen LogP contribution in [-0.4, -0.2) is 95.3 Å². The average molecular weight is 652 g/mol. The number of likely N-dealkylation sites (tertiary alicyclic amines) is 1. The van der Waals surface area contributed by atoms with Gasteiger partial charge in [0.25, 0.3) is 0 Å². The van der Waals surface area contributed by atoms with Gasteiger partial charge in [-0.2, -0.15) is 9.97 Å². The van der Waals surface area contributed by atoms with Crippen molar-refractivity contribution < 1.29 is 28.8 Å². The van der Waals surface area contributed by atoms with Crippen molar-refractivity contribution in [1.82, 2.24) is 19.9 Å². The molecule has 3 unspecified atom stereocenters. The number of β-amino-alcohol motifs (C(OH)–C–C–N with tert-alkyl or cyclic N) is 1. The van der Waals surface area contributed by atoms with E-state index in [4.69, 9.17) is 30.8 Å². The van der Waals surface area contributed by atoms with E-state index in [1.54, 1.807) is 31.2 Å². The Labute approximate surface area is 272 Å². The molecule has 3 aliphatic rings. The Balaban J connectivity index is 1.42. The number of aromatic nitrogens is 3. The number of nitrogens with zero attached hydrogens (tertiary/aromatic N) is 5. The van der Waals surface area contributed by atoms with Crippen molar-refractivity contribution in [2.45, 2.75) is 50.7 Å². The Morgan fingerprint density at radius 2 is 1.96 bits per heavy atom. The quantitative estimate of drug-likeness (QED) is 0.274. The molecule has 0 spiro atoms. The number of phenolic OH excluding ortho intramolecular Hbond substituents is 1. The van der Waals surface area contributed by atoms with E-state index in [0.29, 0.717) is 53.0 Å². The number of anilines is 1. The number of aromatic hydroxyl groups is 1. The van der Waals surface area contributed by atoms with E-state index in [-0.39, 0.29) is 52.8 Å². The molecule has 46 heavy (non-hydrogen) atoms. The van der Waals surface area contributed by atoms with Gasteiger partial charge >= 0.3 is 6.01 Å². The predicted octanol–water partition coefficient (Wildman–Crippen LogP) is 5.58. The van der Waals surface area contributed by atoms with Gasteiger partial charge < -0.3 is 34.2 Å². The molecule has 1 saturated carbocycles. The normalized spacial score (nSPS) is 25.5. The van der Waals surface area contributed by atoms with Crippen molar-refractivity contribution in [1.29, 1.82) is 0 Å². The number of rotatable bonds is 6. The van der Waals surface area contributed by atoms with Crippen LogP contribution < -0.4 is 14.4 Å². The van der Waals surface area contributed by atoms with Gasteiger partial charge in [0.05, 0.1) is 33.5 Å². The van der Waals surface area contributed by atoms with E-state index in [1.807, 2.05) is 4.90 Å². The maximum Gasteiger partial charge on any atom is 0.319 e. The molecule has 0 amide bonds. The van der Waals surface area contributed by atoms with Crippen LogP contribution in [0, 0.1) is 11.2 Å². The molecule has 3 fully saturated rings. The van der Waals surface area contributed by atoms with Gasteiger partial charge in [0.15, 0.2) is 5.82 Å². The van der Waals surface area contributed by atoms with Crippen LogP contribution in [0.4, 0.5) is 10.2 Å². The van der Waals surface area contributed by atoms with E-state index in [1.165, 1.54) is 13.2 Å². The summed E-state index contributed by atoms with van der Waals surface area (Å²) in [7, 11) is 3.63. The molecule has 244 valence electrons. The van der Waals surface area contributed by atoms with Crippen LogP contribution in [0.3, 0.4) is 0 Å². The first kappa shape index (κ1) is 31.1. The molecule has 0 radical (unpaired) electrons. The van der Waals surface area contributed by atoms with E-state index in [0.717, 1.165) is 38.6 Å². The number of pyridine rings is 1. The zero-order valence-electron chi connectivity index (χ0n) is 26.4. The summed E-state index contributed by atoms with van der Waals surface area (Å²) < 4.78 is 34.9. The second-order valence-electron chi connectivity index (χ2n) is 13.3. The average Bonchev–Trinajstić information content (AvgIpc) is 3.38. The number of aliphatic hydroxyl groups is 1. The molecule has 3 atom stereocenters. The second-order valence-corrected chi connectivity index (χ2v) is 13.7. The molecule has 1 aliphatic carbocycles. The molecule has 2 aliphatic heterocycles. The Morgan fingerprint density at radius 1 is 1.13 bits per heavy atom. The first-order valence-corrected chi connectivity index (χ1v) is 16.2. The molecular weight excluding hydrogens is 613 g/mol. The van der Waals surface area contributed by atoms with Crippen LogP contribution in [-0.2, 0) is 4.74 Å². The lowest BCUT2D eigenvalue weighted by Gasteiger charge is -2.44. The maximum absolute atomic E-state index is 17.0. The third kappa shape index (κ3) is 5.46. The van der Waals surface area contributed by atoms with Crippen LogP contribution in [0.5, 0.6) is 17.6 Å². The maximum atomic E-state index is 17.0. The van der Waals surface area contributed by atoms with Gasteiger partial charge in [-0.3, -0.25) is 0 Å². The monoisotopic (exact) mass is 651 g/mol. The van der Waals surface area contributed by atoms with Gasteiger partial charge in [-0.15, -0.1) is 0 Å². The molecule has 0 bridgehead atoms. The molecule has 2 N–H and O–H groups in total. The third-order valence-electron chi connectivity index (χ3n) is 9.89. The Kier molecular flexibility index (Phi) is 8.07. The van der Waals surface area contributed by atoms with Gasteiger partial charge in [-0.1, -0.05) is 30.2 Å². The molecule has 2 saturated heterocycles. The van der Waals surface area contributed by atoms with Crippen LogP contribution >= 0.6 is 11.6 Å². The van der Waals surface area contributed by atoms with Crippen LogP contribution in [0.2, 0.25) is 5.02 Å².